The molecule has 1 atom stereocenters. The number of amides is 1. The van der Waals surface area contributed by atoms with Gasteiger partial charge in [-0.1, -0.05) is 11.6 Å². The predicted molar refractivity (Wildman–Crippen MR) is 79.9 cm³/mol. The summed E-state index contributed by atoms with van der Waals surface area (Å²) in [7, 11) is 0. The molecule has 0 aliphatic carbocycles. The molecule has 1 unspecified atom stereocenters. The number of aromatic nitrogens is 2. The third-order valence-corrected chi connectivity index (χ3v) is 4.31. The lowest BCUT2D eigenvalue weighted by Crippen LogP contribution is -2.52. The first-order valence-electron chi connectivity index (χ1n) is 7.44. The van der Waals surface area contributed by atoms with Gasteiger partial charge in [-0.2, -0.15) is 0 Å². The SMILES string of the molecule is O=C(C1CCCN1Cc1cnc(Cl)cn1)N1CCNCC1. The zero-order chi connectivity index (χ0) is 14.7. The van der Waals surface area contributed by atoms with Gasteiger partial charge in [0.15, 0.2) is 0 Å². The van der Waals surface area contributed by atoms with Crippen molar-refractivity contribution in [3.63, 3.8) is 0 Å². The molecule has 1 aromatic rings. The highest BCUT2D eigenvalue weighted by Gasteiger charge is 2.34. The van der Waals surface area contributed by atoms with Crippen molar-refractivity contribution in [2.45, 2.75) is 25.4 Å². The minimum Gasteiger partial charge on any atom is -0.339 e. The number of carbonyl (C=O) groups excluding carboxylic acids is 1. The number of nitrogens with one attached hydrogen (secondary N) is 1. The number of hydrogen-bond acceptors (Lipinski definition) is 5. The second-order valence-electron chi connectivity index (χ2n) is 5.53. The van der Waals surface area contributed by atoms with E-state index in [1.54, 1.807) is 12.4 Å². The van der Waals surface area contributed by atoms with E-state index in [1.165, 1.54) is 0 Å². The molecule has 2 fully saturated rings. The van der Waals surface area contributed by atoms with Crippen LogP contribution in [0.4, 0.5) is 0 Å². The van der Waals surface area contributed by atoms with Crippen LogP contribution in [0.2, 0.25) is 5.15 Å². The molecule has 114 valence electrons. The van der Waals surface area contributed by atoms with E-state index in [4.69, 9.17) is 11.6 Å². The van der Waals surface area contributed by atoms with E-state index in [2.05, 4.69) is 20.2 Å². The van der Waals surface area contributed by atoms with Gasteiger partial charge in [0, 0.05) is 32.7 Å². The van der Waals surface area contributed by atoms with Crippen LogP contribution in [0, 0.1) is 0 Å². The molecule has 1 N–H and O–H groups in total. The zero-order valence-corrected chi connectivity index (χ0v) is 12.7. The lowest BCUT2D eigenvalue weighted by molar-refractivity contribution is -0.136. The van der Waals surface area contributed by atoms with Gasteiger partial charge < -0.3 is 10.2 Å². The minimum atomic E-state index is -0.0134. The van der Waals surface area contributed by atoms with Crippen LogP contribution in [0.3, 0.4) is 0 Å². The Hall–Kier alpha value is -1.24. The van der Waals surface area contributed by atoms with E-state index in [-0.39, 0.29) is 11.9 Å². The van der Waals surface area contributed by atoms with Crippen molar-refractivity contribution in [1.82, 2.24) is 25.1 Å². The molecule has 2 saturated heterocycles. The Balaban J connectivity index is 1.64. The van der Waals surface area contributed by atoms with Gasteiger partial charge in [0.1, 0.15) is 5.15 Å². The average Bonchev–Trinajstić information content (AvgIpc) is 2.98. The van der Waals surface area contributed by atoms with Gasteiger partial charge in [-0.3, -0.25) is 14.7 Å². The molecule has 1 aromatic heterocycles. The van der Waals surface area contributed by atoms with Crippen LogP contribution in [0.1, 0.15) is 18.5 Å². The average molecular weight is 310 g/mol. The number of piperazine rings is 1. The van der Waals surface area contributed by atoms with E-state index in [1.807, 2.05) is 4.90 Å². The molecule has 3 heterocycles. The van der Waals surface area contributed by atoms with Gasteiger partial charge in [-0.15, -0.1) is 0 Å². The van der Waals surface area contributed by atoms with Crippen molar-refractivity contribution in [2.24, 2.45) is 0 Å². The molecule has 1 amide bonds. The molecular weight excluding hydrogens is 290 g/mol. The van der Waals surface area contributed by atoms with E-state index in [0.717, 1.165) is 51.3 Å². The molecule has 6 nitrogen and oxygen atoms in total. The van der Waals surface area contributed by atoms with Crippen LogP contribution in [0.5, 0.6) is 0 Å². The quantitative estimate of drug-likeness (QED) is 0.882. The van der Waals surface area contributed by atoms with Crippen molar-refractivity contribution in [3.8, 4) is 0 Å². The lowest BCUT2D eigenvalue weighted by atomic mass is 10.1. The summed E-state index contributed by atoms with van der Waals surface area (Å²) in [4.78, 5) is 25.2. The van der Waals surface area contributed by atoms with Crippen molar-refractivity contribution in [1.29, 1.82) is 0 Å². The molecule has 3 rings (SSSR count). The van der Waals surface area contributed by atoms with Gasteiger partial charge in [0.2, 0.25) is 5.91 Å². The Morgan fingerprint density at radius 3 is 2.81 bits per heavy atom. The Bertz CT molecular complexity index is 489. The van der Waals surface area contributed by atoms with Gasteiger partial charge >= 0.3 is 0 Å². The Morgan fingerprint density at radius 1 is 1.29 bits per heavy atom. The minimum absolute atomic E-state index is 0.0134. The van der Waals surface area contributed by atoms with Crippen molar-refractivity contribution >= 4 is 17.5 Å². The summed E-state index contributed by atoms with van der Waals surface area (Å²) >= 11 is 5.76. The fraction of sp³-hybridized carbons (Fsp3) is 0.643. The summed E-state index contributed by atoms with van der Waals surface area (Å²) in [5, 5.41) is 3.68. The van der Waals surface area contributed by atoms with Gasteiger partial charge in [-0.05, 0) is 19.4 Å². The van der Waals surface area contributed by atoms with Crippen LogP contribution in [0.15, 0.2) is 12.4 Å². The maximum atomic E-state index is 12.7. The highest BCUT2D eigenvalue weighted by atomic mass is 35.5. The third-order valence-electron chi connectivity index (χ3n) is 4.12. The number of rotatable bonds is 3. The first kappa shape index (κ1) is 14.7. The standard InChI is InChI=1S/C14H20ClN5O/c15-13-9-17-11(8-18-13)10-20-5-1-2-12(20)14(21)19-6-3-16-4-7-19/h8-9,12,16H,1-7,10H2. The molecule has 0 aromatic carbocycles. The monoisotopic (exact) mass is 309 g/mol. The lowest BCUT2D eigenvalue weighted by Gasteiger charge is -2.32. The van der Waals surface area contributed by atoms with E-state index < -0.39 is 0 Å². The van der Waals surface area contributed by atoms with Crippen LogP contribution >= 0.6 is 11.6 Å². The number of hydrogen-bond donors (Lipinski definition) is 1. The summed E-state index contributed by atoms with van der Waals surface area (Å²) in [6.07, 6.45) is 5.24. The van der Waals surface area contributed by atoms with Gasteiger partial charge in [0.05, 0.1) is 24.1 Å². The molecule has 7 heteroatoms. The predicted octanol–water partition coefficient (Wildman–Crippen LogP) is 0.526. The number of nitrogens with zero attached hydrogens (tertiary/aromatic N) is 4. The van der Waals surface area contributed by atoms with Crippen molar-refractivity contribution < 1.29 is 4.79 Å². The summed E-state index contributed by atoms with van der Waals surface area (Å²) in [5.74, 6) is 0.260. The molecule has 2 aliphatic rings. The highest BCUT2D eigenvalue weighted by Crippen LogP contribution is 2.21. The number of halogens is 1. The second kappa shape index (κ2) is 6.68. The summed E-state index contributed by atoms with van der Waals surface area (Å²) in [6.45, 7) is 5.00. The van der Waals surface area contributed by atoms with E-state index in [9.17, 15) is 4.79 Å². The van der Waals surface area contributed by atoms with Crippen molar-refractivity contribution in [2.75, 3.05) is 32.7 Å². The fourth-order valence-corrected chi connectivity index (χ4v) is 3.12. The fourth-order valence-electron chi connectivity index (χ4n) is 3.02. The summed E-state index contributed by atoms with van der Waals surface area (Å²) in [5.41, 5.74) is 0.861. The van der Waals surface area contributed by atoms with Crippen LogP contribution in [-0.2, 0) is 11.3 Å². The summed E-state index contributed by atoms with van der Waals surface area (Å²) < 4.78 is 0. The Labute approximate surface area is 129 Å². The maximum Gasteiger partial charge on any atom is 0.240 e. The molecule has 0 saturated carbocycles. The third kappa shape index (κ3) is 3.51. The number of likely N-dealkylation sites (tertiary alicyclic amines) is 1. The Morgan fingerprint density at radius 2 is 2.10 bits per heavy atom. The van der Waals surface area contributed by atoms with Gasteiger partial charge in [0.25, 0.3) is 0 Å². The molecule has 2 aliphatic heterocycles. The van der Waals surface area contributed by atoms with Gasteiger partial charge in [-0.25, -0.2) is 4.98 Å². The van der Waals surface area contributed by atoms with Crippen molar-refractivity contribution in [3.05, 3.63) is 23.2 Å². The molecule has 0 spiro atoms. The van der Waals surface area contributed by atoms with Crippen LogP contribution in [0.25, 0.3) is 0 Å². The largest absolute Gasteiger partial charge is 0.339 e. The first-order chi connectivity index (χ1) is 10.2. The molecule has 21 heavy (non-hydrogen) atoms. The number of carbonyl (C=O) groups is 1. The smallest absolute Gasteiger partial charge is 0.240 e. The second-order valence-corrected chi connectivity index (χ2v) is 5.92. The Kier molecular flexibility index (Phi) is 4.67. The topological polar surface area (TPSA) is 61.4 Å². The first-order valence-corrected chi connectivity index (χ1v) is 7.82. The zero-order valence-electron chi connectivity index (χ0n) is 12.0. The van der Waals surface area contributed by atoms with Crippen LogP contribution in [-0.4, -0.2) is 64.4 Å². The van der Waals surface area contributed by atoms with Crippen LogP contribution < -0.4 is 5.32 Å². The highest BCUT2D eigenvalue weighted by molar-refractivity contribution is 6.29. The molecular formula is C14H20ClN5O. The van der Waals surface area contributed by atoms with E-state index >= 15 is 0 Å². The molecule has 0 radical (unpaired) electrons. The summed E-state index contributed by atoms with van der Waals surface area (Å²) in [6, 6.07) is -0.0134. The van der Waals surface area contributed by atoms with E-state index in [0.29, 0.717) is 11.7 Å². The maximum absolute atomic E-state index is 12.7. The normalized spacial score (nSPS) is 23.5. The molecule has 0 bridgehead atoms.